The first kappa shape index (κ1) is 13.5. The van der Waals surface area contributed by atoms with Crippen LogP contribution in [0.5, 0.6) is 0 Å². The SMILES string of the molecule is Cc1nn(C)c(C)c1-c1nc(C)c(CCO)c(=O)[nH]1. The lowest BCUT2D eigenvalue weighted by Gasteiger charge is -2.06. The predicted octanol–water partition coefficient (Wildman–Crippen LogP) is 0.630. The van der Waals surface area contributed by atoms with Crippen LogP contribution in [0.4, 0.5) is 0 Å². The van der Waals surface area contributed by atoms with E-state index in [1.54, 1.807) is 11.6 Å². The Balaban J connectivity index is 2.62. The molecule has 2 aromatic heterocycles. The van der Waals surface area contributed by atoms with Crippen LogP contribution >= 0.6 is 0 Å². The van der Waals surface area contributed by atoms with Gasteiger partial charge in [0.05, 0.1) is 11.3 Å². The van der Waals surface area contributed by atoms with Gasteiger partial charge >= 0.3 is 0 Å². The topological polar surface area (TPSA) is 83.8 Å². The average Bonchev–Trinajstić information content (AvgIpc) is 2.58. The van der Waals surface area contributed by atoms with E-state index in [1.165, 1.54) is 0 Å². The van der Waals surface area contributed by atoms with E-state index in [4.69, 9.17) is 5.11 Å². The Morgan fingerprint density at radius 1 is 1.26 bits per heavy atom. The van der Waals surface area contributed by atoms with E-state index in [0.717, 1.165) is 17.0 Å². The maximum atomic E-state index is 12.0. The van der Waals surface area contributed by atoms with Crippen LogP contribution < -0.4 is 5.56 Å². The molecule has 102 valence electrons. The number of nitrogens with zero attached hydrogens (tertiary/aromatic N) is 3. The van der Waals surface area contributed by atoms with Crippen molar-refractivity contribution in [2.45, 2.75) is 27.2 Å². The molecule has 6 nitrogen and oxygen atoms in total. The van der Waals surface area contributed by atoms with Gasteiger partial charge in [0.1, 0.15) is 5.82 Å². The van der Waals surface area contributed by atoms with E-state index in [9.17, 15) is 4.79 Å². The van der Waals surface area contributed by atoms with Crippen molar-refractivity contribution in [2.75, 3.05) is 6.61 Å². The molecule has 0 aromatic carbocycles. The zero-order chi connectivity index (χ0) is 14.2. The molecule has 19 heavy (non-hydrogen) atoms. The van der Waals surface area contributed by atoms with Gasteiger partial charge < -0.3 is 10.1 Å². The second kappa shape index (κ2) is 4.97. The highest BCUT2D eigenvalue weighted by Gasteiger charge is 2.16. The fourth-order valence-corrected chi connectivity index (χ4v) is 2.25. The van der Waals surface area contributed by atoms with Gasteiger partial charge in [0.25, 0.3) is 5.56 Å². The van der Waals surface area contributed by atoms with Crippen molar-refractivity contribution in [1.82, 2.24) is 19.7 Å². The standard InChI is InChI=1S/C13H18N4O2/c1-7-10(5-6-18)13(19)15-12(14-7)11-8(2)16-17(4)9(11)3/h18H,5-6H2,1-4H3,(H,14,15,19). The lowest BCUT2D eigenvalue weighted by atomic mass is 10.1. The van der Waals surface area contributed by atoms with Gasteiger partial charge in [0, 0.05) is 37.0 Å². The number of hydrogen-bond acceptors (Lipinski definition) is 4. The van der Waals surface area contributed by atoms with Gasteiger partial charge in [-0.25, -0.2) is 4.98 Å². The Morgan fingerprint density at radius 3 is 2.42 bits per heavy atom. The summed E-state index contributed by atoms with van der Waals surface area (Å²) in [5.74, 6) is 0.535. The van der Waals surface area contributed by atoms with Crippen LogP contribution in [-0.2, 0) is 13.5 Å². The Kier molecular flexibility index (Phi) is 3.53. The normalized spacial score (nSPS) is 11.0. The van der Waals surface area contributed by atoms with Crippen molar-refractivity contribution in [3.63, 3.8) is 0 Å². The van der Waals surface area contributed by atoms with E-state index in [1.807, 2.05) is 20.9 Å². The van der Waals surface area contributed by atoms with Gasteiger partial charge in [-0.05, 0) is 20.8 Å². The fraction of sp³-hybridized carbons (Fsp3) is 0.462. The van der Waals surface area contributed by atoms with Gasteiger partial charge in [0.2, 0.25) is 0 Å². The molecule has 0 unspecified atom stereocenters. The Bertz CT molecular complexity index is 670. The maximum absolute atomic E-state index is 12.0. The molecule has 0 atom stereocenters. The van der Waals surface area contributed by atoms with Crippen molar-refractivity contribution in [3.8, 4) is 11.4 Å². The molecule has 2 rings (SSSR count). The third-order valence-electron chi connectivity index (χ3n) is 3.33. The molecular formula is C13H18N4O2. The van der Waals surface area contributed by atoms with Crippen molar-refractivity contribution in [3.05, 3.63) is 33.0 Å². The summed E-state index contributed by atoms with van der Waals surface area (Å²) in [6.45, 7) is 5.55. The summed E-state index contributed by atoms with van der Waals surface area (Å²) in [6, 6.07) is 0. The largest absolute Gasteiger partial charge is 0.396 e. The molecule has 2 aromatic rings. The summed E-state index contributed by atoms with van der Waals surface area (Å²) in [5.41, 5.74) is 3.63. The first-order valence-corrected chi connectivity index (χ1v) is 6.17. The second-order valence-electron chi connectivity index (χ2n) is 4.62. The highest BCUT2D eigenvalue weighted by molar-refractivity contribution is 5.61. The zero-order valence-electron chi connectivity index (χ0n) is 11.6. The van der Waals surface area contributed by atoms with Crippen molar-refractivity contribution >= 4 is 0 Å². The van der Waals surface area contributed by atoms with Crippen LogP contribution in [0.1, 0.15) is 22.6 Å². The second-order valence-corrected chi connectivity index (χ2v) is 4.62. The lowest BCUT2D eigenvalue weighted by Crippen LogP contribution is -2.18. The highest BCUT2D eigenvalue weighted by Crippen LogP contribution is 2.22. The van der Waals surface area contributed by atoms with E-state index in [-0.39, 0.29) is 12.2 Å². The number of H-pyrrole nitrogens is 1. The molecule has 0 aliphatic heterocycles. The van der Waals surface area contributed by atoms with Crippen LogP contribution in [0, 0.1) is 20.8 Å². The molecule has 2 N–H and O–H groups in total. The molecule has 0 fully saturated rings. The van der Waals surface area contributed by atoms with Crippen molar-refractivity contribution in [1.29, 1.82) is 0 Å². The molecule has 0 spiro atoms. The van der Waals surface area contributed by atoms with Crippen LogP contribution in [0.3, 0.4) is 0 Å². The minimum absolute atomic E-state index is 0.0596. The monoisotopic (exact) mass is 262 g/mol. The fourth-order valence-electron chi connectivity index (χ4n) is 2.25. The van der Waals surface area contributed by atoms with Gasteiger partial charge in [0.15, 0.2) is 0 Å². The van der Waals surface area contributed by atoms with E-state index < -0.39 is 0 Å². The molecule has 0 aliphatic rings. The molecule has 0 amide bonds. The molecule has 6 heteroatoms. The van der Waals surface area contributed by atoms with Gasteiger partial charge in [-0.3, -0.25) is 9.48 Å². The summed E-state index contributed by atoms with van der Waals surface area (Å²) < 4.78 is 1.77. The quantitative estimate of drug-likeness (QED) is 0.849. The van der Waals surface area contributed by atoms with Crippen molar-refractivity contribution < 1.29 is 5.11 Å². The third-order valence-corrected chi connectivity index (χ3v) is 3.33. The van der Waals surface area contributed by atoms with Crippen LogP contribution in [-0.4, -0.2) is 31.5 Å². The van der Waals surface area contributed by atoms with Crippen LogP contribution in [0.25, 0.3) is 11.4 Å². The minimum atomic E-state index is -0.195. The number of aliphatic hydroxyl groups excluding tert-OH is 1. The van der Waals surface area contributed by atoms with E-state index in [2.05, 4.69) is 15.1 Å². The molecular weight excluding hydrogens is 244 g/mol. The van der Waals surface area contributed by atoms with Crippen LogP contribution in [0.15, 0.2) is 4.79 Å². The maximum Gasteiger partial charge on any atom is 0.254 e. The first-order chi connectivity index (χ1) is 8.95. The number of aromatic amines is 1. The zero-order valence-corrected chi connectivity index (χ0v) is 11.6. The molecule has 0 saturated heterocycles. The Hall–Kier alpha value is -1.95. The molecule has 0 radical (unpaired) electrons. The average molecular weight is 262 g/mol. The summed E-state index contributed by atoms with van der Waals surface area (Å²) in [6.07, 6.45) is 0.319. The van der Waals surface area contributed by atoms with E-state index >= 15 is 0 Å². The molecule has 0 aliphatic carbocycles. The molecule has 0 saturated carbocycles. The number of hydrogen-bond donors (Lipinski definition) is 2. The minimum Gasteiger partial charge on any atom is -0.396 e. The number of aromatic nitrogens is 4. The van der Waals surface area contributed by atoms with Crippen molar-refractivity contribution in [2.24, 2.45) is 7.05 Å². The predicted molar refractivity (Wildman–Crippen MR) is 72.1 cm³/mol. The number of aliphatic hydroxyl groups is 1. The summed E-state index contributed by atoms with van der Waals surface area (Å²) in [4.78, 5) is 19.2. The summed E-state index contributed by atoms with van der Waals surface area (Å²) in [5, 5.41) is 13.3. The summed E-state index contributed by atoms with van der Waals surface area (Å²) >= 11 is 0. The Labute approximate surface area is 111 Å². The van der Waals surface area contributed by atoms with Gasteiger partial charge in [-0.2, -0.15) is 5.10 Å². The molecule has 0 bridgehead atoms. The smallest absolute Gasteiger partial charge is 0.254 e. The van der Waals surface area contributed by atoms with Gasteiger partial charge in [-0.1, -0.05) is 0 Å². The highest BCUT2D eigenvalue weighted by atomic mass is 16.3. The van der Waals surface area contributed by atoms with Crippen LogP contribution in [0.2, 0.25) is 0 Å². The number of aryl methyl sites for hydroxylation is 3. The molecule has 2 heterocycles. The van der Waals surface area contributed by atoms with Gasteiger partial charge in [-0.15, -0.1) is 0 Å². The number of nitrogens with one attached hydrogen (secondary N) is 1. The third kappa shape index (κ3) is 2.31. The number of rotatable bonds is 3. The first-order valence-electron chi connectivity index (χ1n) is 6.17. The Morgan fingerprint density at radius 2 is 1.95 bits per heavy atom. The van der Waals surface area contributed by atoms with E-state index in [0.29, 0.717) is 23.5 Å². The summed E-state index contributed by atoms with van der Waals surface area (Å²) in [7, 11) is 1.86. The lowest BCUT2D eigenvalue weighted by molar-refractivity contribution is 0.298.